The highest BCUT2D eigenvalue weighted by atomic mass is 32.2. The maximum Gasteiger partial charge on any atom is 0.273 e. The van der Waals surface area contributed by atoms with Gasteiger partial charge in [-0.1, -0.05) is 12.2 Å². The van der Waals surface area contributed by atoms with Crippen molar-refractivity contribution < 1.29 is 21.6 Å². The third-order valence-electron chi connectivity index (χ3n) is 9.25. The van der Waals surface area contributed by atoms with E-state index in [1.54, 1.807) is 50.3 Å². The van der Waals surface area contributed by atoms with Crippen molar-refractivity contribution in [2.45, 2.75) is 55.2 Å². The summed E-state index contributed by atoms with van der Waals surface area (Å²) in [4.78, 5) is 17.4. The van der Waals surface area contributed by atoms with E-state index >= 15 is 0 Å². The molecule has 2 aliphatic carbocycles. The van der Waals surface area contributed by atoms with E-state index < -0.39 is 30.4 Å². The van der Waals surface area contributed by atoms with Gasteiger partial charge in [0.05, 0.1) is 11.5 Å². The summed E-state index contributed by atoms with van der Waals surface area (Å²) in [6.07, 6.45) is 9.66. The third-order valence-corrected chi connectivity index (χ3v) is 13.6. The summed E-state index contributed by atoms with van der Waals surface area (Å²) in [6, 6.07) is 8.43. The molecular weight excluding hydrogens is 588 g/mol. The number of pyridine rings is 1. The Balaban J connectivity index is 1.36. The van der Waals surface area contributed by atoms with Crippen LogP contribution in [0.3, 0.4) is 0 Å². The van der Waals surface area contributed by atoms with Crippen molar-refractivity contribution in [1.29, 1.82) is 0 Å². The van der Waals surface area contributed by atoms with Crippen molar-refractivity contribution >= 4 is 36.5 Å². The number of rotatable bonds is 9. The van der Waals surface area contributed by atoms with E-state index in [2.05, 4.69) is 4.98 Å². The highest BCUT2D eigenvalue weighted by Crippen LogP contribution is 2.42. The van der Waals surface area contributed by atoms with Gasteiger partial charge in [0.1, 0.15) is 16.0 Å². The van der Waals surface area contributed by atoms with Gasteiger partial charge in [-0.2, -0.15) is 4.31 Å². The van der Waals surface area contributed by atoms with Crippen LogP contribution in [0.4, 0.5) is 0 Å². The molecule has 1 saturated carbocycles. The maximum atomic E-state index is 14.1. The van der Waals surface area contributed by atoms with E-state index in [4.69, 9.17) is 4.74 Å². The van der Waals surface area contributed by atoms with Gasteiger partial charge in [-0.15, -0.1) is 0 Å². The molecule has 2 aromatic heterocycles. The molecule has 0 amide bonds. The van der Waals surface area contributed by atoms with Crippen LogP contribution < -0.4 is 10.3 Å². The lowest BCUT2D eigenvalue weighted by Gasteiger charge is -2.33. The van der Waals surface area contributed by atoms with Crippen molar-refractivity contribution in [3.63, 3.8) is 0 Å². The zero-order valence-electron chi connectivity index (χ0n) is 24.9. The Labute approximate surface area is 252 Å². The minimum atomic E-state index is -4.05. The van der Waals surface area contributed by atoms with Crippen molar-refractivity contribution in [3.8, 4) is 5.75 Å². The molecule has 0 spiro atoms. The summed E-state index contributed by atoms with van der Waals surface area (Å²) in [5.74, 6) is 1.07. The summed E-state index contributed by atoms with van der Waals surface area (Å²) >= 11 is 0. The standard InChI is InChI=1S/C31H38N4O6S2/c1-21-17-24(9-13-31(21,2)43(39,40)35-16-11-23-10-14-32-30(36)29(23)35)27-18-26(7-8-28(27)41-20-22-5-6-22)42(37,38)34-15-12-25(19-34)33(3)4/h7-11,14,16-18,22,25H,5-6,12-13,15,19-20H2,1-4H3,(H,32,36). The van der Waals surface area contributed by atoms with Crippen LogP contribution in [0.1, 0.15) is 45.1 Å². The fourth-order valence-corrected chi connectivity index (χ4v) is 9.27. The van der Waals surface area contributed by atoms with Gasteiger partial charge in [-0.3, -0.25) is 4.79 Å². The lowest BCUT2D eigenvalue weighted by Crippen LogP contribution is -2.41. The number of fused-ring (bicyclic) bond motifs is 1. The quantitative estimate of drug-likeness (QED) is 0.383. The molecule has 10 nitrogen and oxygen atoms in total. The summed E-state index contributed by atoms with van der Waals surface area (Å²) in [6.45, 7) is 4.85. The molecule has 0 radical (unpaired) electrons. The van der Waals surface area contributed by atoms with E-state index in [0.717, 1.165) is 23.2 Å². The van der Waals surface area contributed by atoms with Gasteiger partial charge in [0.2, 0.25) is 20.0 Å². The zero-order valence-corrected chi connectivity index (χ0v) is 26.5. The molecule has 1 aromatic carbocycles. The van der Waals surface area contributed by atoms with E-state index in [0.29, 0.717) is 53.5 Å². The van der Waals surface area contributed by atoms with Crippen molar-refractivity contribution in [1.82, 2.24) is 18.2 Å². The van der Waals surface area contributed by atoms with Crippen LogP contribution in [0.25, 0.3) is 16.5 Å². The highest BCUT2D eigenvalue weighted by molar-refractivity contribution is 7.91. The first-order valence-corrected chi connectivity index (χ1v) is 17.5. The van der Waals surface area contributed by atoms with Gasteiger partial charge in [0.15, 0.2) is 0 Å². The predicted molar refractivity (Wildman–Crippen MR) is 167 cm³/mol. The zero-order chi connectivity index (χ0) is 30.7. The molecule has 43 heavy (non-hydrogen) atoms. The van der Waals surface area contributed by atoms with Crippen molar-refractivity contribution in [2.75, 3.05) is 33.8 Å². The van der Waals surface area contributed by atoms with Crippen molar-refractivity contribution in [2.24, 2.45) is 5.92 Å². The van der Waals surface area contributed by atoms with E-state index in [1.165, 1.54) is 16.7 Å². The number of ether oxygens (including phenoxy) is 1. The Morgan fingerprint density at radius 3 is 2.53 bits per heavy atom. The Morgan fingerprint density at radius 2 is 1.86 bits per heavy atom. The number of H-pyrrole nitrogens is 1. The van der Waals surface area contributed by atoms with Gasteiger partial charge in [0.25, 0.3) is 5.56 Å². The normalized spacial score (nSPS) is 23.5. The number of hydrogen-bond donors (Lipinski definition) is 1. The summed E-state index contributed by atoms with van der Waals surface area (Å²) in [7, 11) is -3.88. The largest absolute Gasteiger partial charge is 0.493 e. The summed E-state index contributed by atoms with van der Waals surface area (Å²) in [5, 5.41) is 0.537. The second-order valence-corrected chi connectivity index (χ2v) is 16.5. The molecule has 3 heterocycles. The van der Waals surface area contributed by atoms with E-state index in [1.807, 2.05) is 25.1 Å². The van der Waals surface area contributed by atoms with E-state index in [9.17, 15) is 21.6 Å². The Morgan fingerprint density at radius 1 is 1.09 bits per heavy atom. The Hall–Kier alpha value is -3.19. The molecule has 0 bridgehead atoms. The summed E-state index contributed by atoms with van der Waals surface area (Å²) in [5.41, 5.74) is 1.50. The van der Waals surface area contributed by atoms with Gasteiger partial charge in [-0.25, -0.2) is 20.8 Å². The second-order valence-electron chi connectivity index (χ2n) is 12.3. The third kappa shape index (κ3) is 5.17. The van der Waals surface area contributed by atoms with Crippen LogP contribution in [-0.2, 0) is 20.0 Å². The number of likely N-dealkylation sites (N-methyl/N-ethyl adjacent to an activating group) is 1. The number of aromatic amines is 1. The minimum Gasteiger partial charge on any atom is -0.493 e. The predicted octanol–water partition coefficient (Wildman–Crippen LogP) is 3.81. The molecule has 3 aromatic rings. The molecule has 1 aliphatic heterocycles. The first kappa shape index (κ1) is 29.9. The van der Waals surface area contributed by atoms with Crippen LogP contribution >= 0.6 is 0 Å². The van der Waals surface area contributed by atoms with Crippen LogP contribution in [0.2, 0.25) is 0 Å². The van der Waals surface area contributed by atoms with Crippen LogP contribution in [-0.4, -0.2) is 79.6 Å². The lowest BCUT2D eigenvalue weighted by atomic mass is 9.87. The fraction of sp³-hybridized carbons (Fsp3) is 0.452. The number of aromatic nitrogens is 2. The average Bonchev–Trinajstić information content (AvgIpc) is 3.45. The SMILES string of the molecule is CC1=CC(c2cc(S(=O)(=O)N3CCC(N(C)C)C3)ccc2OCC2CC2)=CCC1(C)S(=O)(=O)n1ccc2cc[nH]c(=O)c21. The van der Waals surface area contributed by atoms with E-state index in [-0.39, 0.29) is 22.9 Å². The monoisotopic (exact) mass is 626 g/mol. The number of hydrogen-bond acceptors (Lipinski definition) is 7. The molecule has 230 valence electrons. The van der Waals surface area contributed by atoms with Crippen molar-refractivity contribution in [3.05, 3.63) is 76.4 Å². The van der Waals surface area contributed by atoms with Crippen LogP contribution in [0.15, 0.2) is 70.1 Å². The molecule has 2 unspecified atom stereocenters. The smallest absolute Gasteiger partial charge is 0.273 e. The molecule has 2 atom stereocenters. The number of nitrogens with one attached hydrogen (secondary N) is 1. The fourth-order valence-electron chi connectivity index (χ4n) is 5.91. The summed E-state index contributed by atoms with van der Waals surface area (Å²) < 4.78 is 63.0. The van der Waals surface area contributed by atoms with Gasteiger partial charge in [-0.05, 0) is 101 Å². The average molecular weight is 627 g/mol. The minimum absolute atomic E-state index is 0.0818. The number of sulfonamides is 1. The van der Waals surface area contributed by atoms with Gasteiger partial charge >= 0.3 is 0 Å². The molecule has 1 N–H and O–H groups in total. The van der Waals surface area contributed by atoms with Crippen LogP contribution in [0, 0.1) is 5.92 Å². The molecule has 2 fully saturated rings. The number of benzene rings is 1. The highest BCUT2D eigenvalue weighted by Gasteiger charge is 2.44. The second kappa shape index (κ2) is 10.8. The molecule has 3 aliphatic rings. The van der Waals surface area contributed by atoms with Gasteiger partial charge < -0.3 is 14.6 Å². The Kier molecular flexibility index (Phi) is 7.47. The Bertz CT molecular complexity index is 1920. The first-order chi connectivity index (χ1) is 20.3. The molecule has 12 heteroatoms. The maximum absolute atomic E-state index is 14.1. The van der Waals surface area contributed by atoms with Gasteiger partial charge in [0, 0.05) is 42.5 Å². The lowest BCUT2D eigenvalue weighted by molar-refractivity contribution is 0.298. The number of nitrogens with zero attached hydrogens (tertiary/aromatic N) is 3. The molecule has 6 rings (SSSR count). The van der Waals surface area contributed by atoms with Crippen LogP contribution in [0.5, 0.6) is 5.75 Å². The molecular formula is C31H38N4O6S2. The number of allylic oxidation sites excluding steroid dienone is 3. The molecule has 1 saturated heterocycles. The topological polar surface area (TPSA) is 122 Å². The first-order valence-electron chi connectivity index (χ1n) is 14.6.